The summed E-state index contributed by atoms with van der Waals surface area (Å²) in [5, 5.41) is 6.06. The van der Waals surface area contributed by atoms with Crippen LogP contribution in [0, 0.1) is 5.82 Å². The van der Waals surface area contributed by atoms with Crippen molar-refractivity contribution in [1.29, 1.82) is 0 Å². The van der Waals surface area contributed by atoms with E-state index in [-0.39, 0.29) is 43.3 Å². The van der Waals surface area contributed by atoms with Gasteiger partial charge >= 0.3 is 6.03 Å². The molecule has 5 rings (SSSR count). The molecule has 8 nitrogen and oxygen atoms in total. The van der Waals surface area contributed by atoms with Gasteiger partial charge in [0.15, 0.2) is 0 Å². The molecule has 0 radical (unpaired) electrons. The second-order valence-corrected chi connectivity index (χ2v) is 10.2. The molecule has 2 aromatic carbocycles. The first-order chi connectivity index (χ1) is 18.4. The number of allylic oxidation sites excluding steroid dienone is 1. The number of nitrogens with one attached hydrogen (secondary N) is 1. The number of benzene rings is 2. The van der Waals surface area contributed by atoms with Crippen molar-refractivity contribution in [1.82, 2.24) is 25.1 Å². The molecule has 1 N–H and O–H groups in total. The molecule has 200 valence electrons. The van der Waals surface area contributed by atoms with E-state index in [4.69, 9.17) is 0 Å². The topological polar surface area (TPSA) is 76.2 Å². The van der Waals surface area contributed by atoms with Crippen LogP contribution in [0.1, 0.15) is 49.3 Å². The molecular formula is C29H34FN5O3. The molecule has 0 unspecified atom stereocenters. The van der Waals surface area contributed by atoms with E-state index in [0.29, 0.717) is 6.54 Å². The summed E-state index contributed by atoms with van der Waals surface area (Å²) in [6.07, 6.45) is 6.93. The number of hydrazine groups is 1. The molecule has 2 heterocycles. The monoisotopic (exact) mass is 519 g/mol. The highest BCUT2D eigenvalue weighted by Crippen LogP contribution is 2.35. The van der Waals surface area contributed by atoms with Crippen molar-refractivity contribution in [3.05, 3.63) is 83.2 Å². The fourth-order valence-corrected chi connectivity index (χ4v) is 5.63. The van der Waals surface area contributed by atoms with Gasteiger partial charge in [0, 0.05) is 20.1 Å². The number of likely N-dealkylation sites (N-methyl/N-ethyl adjacent to an activating group) is 1. The van der Waals surface area contributed by atoms with E-state index in [9.17, 15) is 18.8 Å². The lowest BCUT2D eigenvalue weighted by molar-refractivity contribution is -0.187. The van der Waals surface area contributed by atoms with Crippen LogP contribution in [-0.4, -0.2) is 70.5 Å². The number of halogens is 1. The molecule has 4 amide bonds. The van der Waals surface area contributed by atoms with Gasteiger partial charge in [-0.2, -0.15) is 0 Å². The third kappa shape index (κ3) is 5.43. The Hall–Kier alpha value is -3.72. The Morgan fingerprint density at radius 3 is 2.53 bits per heavy atom. The fourth-order valence-electron chi connectivity index (χ4n) is 5.63. The molecule has 0 saturated carbocycles. The maximum Gasteiger partial charge on any atom is 0.334 e. The van der Waals surface area contributed by atoms with Crippen molar-refractivity contribution < 1.29 is 18.8 Å². The number of amides is 4. The standard InChI is InChI=1S/C29H34FN5O3/c1-32-20-26(36)34-25(35(32)29(38)31-18-22-12-14-24(30)15-13-22)19-33(17-16-21-8-4-2-5-9-21)28(37)27(34)23-10-6-3-7-11-23/h3,6-8,10-15,25,27H,2,4-5,9,16-20H2,1H3,(H,31,38)/t25-,27-/m0/s1. The minimum atomic E-state index is -0.802. The summed E-state index contributed by atoms with van der Waals surface area (Å²) in [5.74, 6) is -0.654. The van der Waals surface area contributed by atoms with Crippen molar-refractivity contribution in [2.75, 3.05) is 26.7 Å². The Bertz CT molecular complexity index is 1200. The van der Waals surface area contributed by atoms with Gasteiger partial charge < -0.3 is 15.1 Å². The molecule has 3 aliphatic rings. The average Bonchev–Trinajstić information content (AvgIpc) is 2.93. The Labute approximate surface area is 222 Å². The van der Waals surface area contributed by atoms with Crippen LogP contribution < -0.4 is 5.32 Å². The normalized spacial score (nSPS) is 22.3. The molecule has 0 aromatic heterocycles. The SMILES string of the molecule is CN1CC(=O)N2[C@@H](c3ccccc3)C(=O)N(CCC3=CCCCC3)C[C@@H]2N1C(=O)NCc1ccc(F)cc1. The first-order valence-corrected chi connectivity index (χ1v) is 13.3. The number of fused-ring (bicyclic) bond motifs is 1. The number of hydrogen-bond acceptors (Lipinski definition) is 4. The van der Waals surface area contributed by atoms with Crippen LogP contribution in [0.5, 0.6) is 0 Å². The lowest BCUT2D eigenvalue weighted by Gasteiger charge is -2.54. The molecule has 2 fully saturated rings. The van der Waals surface area contributed by atoms with E-state index in [1.165, 1.54) is 30.5 Å². The molecule has 38 heavy (non-hydrogen) atoms. The number of urea groups is 1. The largest absolute Gasteiger partial charge is 0.336 e. The molecule has 2 saturated heterocycles. The highest BCUT2D eigenvalue weighted by molar-refractivity contribution is 5.92. The highest BCUT2D eigenvalue weighted by Gasteiger charge is 2.51. The number of hydrogen-bond donors (Lipinski definition) is 1. The summed E-state index contributed by atoms with van der Waals surface area (Å²) in [5.41, 5.74) is 2.86. The first kappa shape index (κ1) is 25.9. The third-order valence-electron chi connectivity index (χ3n) is 7.60. The Morgan fingerprint density at radius 1 is 1.05 bits per heavy atom. The van der Waals surface area contributed by atoms with Crippen LogP contribution >= 0.6 is 0 Å². The maximum absolute atomic E-state index is 13.8. The summed E-state index contributed by atoms with van der Waals surface area (Å²) in [4.78, 5) is 44.1. The molecule has 2 atom stereocenters. The summed E-state index contributed by atoms with van der Waals surface area (Å²) in [7, 11) is 1.71. The molecule has 9 heteroatoms. The van der Waals surface area contributed by atoms with Crippen LogP contribution in [-0.2, 0) is 16.1 Å². The predicted octanol–water partition coefficient (Wildman–Crippen LogP) is 3.83. The van der Waals surface area contributed by atoms with Gasteiger partial charge in [-0.15, -0.1) is 0 Å². The predicted molar refractivity (Wildman–Crippen MR) is 141 cm³/mol. The lowest BCUT2D eigenvalue weighted by Crippen LogP contribution is -2.73. The summed E-state index contributed by atoms with van der Waals surface area (Å²) >= 11 is 0. The van der Waals surface area contributed by atoms with Gasteiger partial charge in [0.25, 0.3) is 0 Å². The number of rotatable bonds is 6. The van der Waals surface area contributed by atoms with Crippen LogP contribution in [0.2, 0.25) is 0 Å². The zero-order valence-electron chi connectivity index (χ0n) is 21.7. The van der Waals surface area contributed by atoms with E-state index in [1.54, 1.807) is 39.0 Å². The van der Waals surface area contributed by atoms with E-state index in [1.807, 2.05) is 30.3 Å². The number of carbonyl (C=O) groups is 3. The Morgan fingerprint density at radius 2 is 1.82 bits per heavy atom. The minimum absolute atomic E-state index is 0.0238. The zero-order chi connectivity index (χ0) is 26.6. The van der Waals surface area contributed by atoms with Gasteiger partial charge in [-0.3, -0.25) is 9.59 Å². The van der Waals surface area contributed by atoms with Crippen molar-refractivity contribution in [3.63, 3.8) is 0 Å². The highest BCUT2D eigenvalue weighted by atomic mass is 19.1. The quantitative estimate of drug-likeness (QED) is 0.589. The van der Waals surface area contributed by atoms with Gasteiger partial charge in [0.1, 0.15) is 18.0 Å². The fraction of sp³-hybridized carbons (Fsp3) is 0.414. The summed E-state index contributed by atoms with van der Waals surface area (Å²) in [6.45, 7) is 0.962. The smallest absolute Gasteiger partial charge is 0.334 e. The first-order valence-electron chi connectivity index (χ1n) is 13.3. The molecule has 2 aliphatic heterocycles. The van der Waals surface area contributed by atoms with Crippen LogP contribution in [0.4, 0.5) is 9.18 Å². The van der Waals surface area contributed by atoms with Gasteiger partial charge in [0.05, 0.1) is 13.1 Å². The second-order valence-electron chi connectivity index (χ2n) is 10.2. The average molecular weight is 520 g/mol. The van der Waals surface area contributed by atoms with E-state index < -0.39 is 12.2 Å². The summed E-state index contributed by atoms with van der Waals surface area (Å²) < 4.78 is 13.3. The maximum atomic E-state index is 13.8. The zero-order valence-corrected chi connectivity index (χ0v) is 21.7. The molecule has 1 aliphatic carbocycles. The molecule has 2 aromatic rings. The third-order valence-corrected chi connectivity index (χ3v) is 7.60. The number of carbonyl (C=O) groups excluding carboxylic acids is 3. The molecule has 0 spiro atoms. The summed E-state index contributed by atoms with van der Waals surface area (Å²) in [6, 6.07) is 14.1. The van der Waals surface area contributed by atoms with Crippen LogP contribution in [0.3, 0.4) is 0 Å². The van der Waals surface area contributed by atoms with Gasteiger partial charge in [0.2, 0.25) is 11.8 Å². The van der Waals surface area contributed by atoms with Crippen molar-refractivity contribution in [3.8, 4) is 0 Å². The van der Waals surface area contributed by atoms with Gasteiger partial charge in [-0.25, -0.2) is 19.2 Å². The van der Waals surface area contributed by atoms with Gasteiger partial charge in [-0.05, 0) is 55.4 Å². The Kier molecular flexibility index (Phi) is 7.74. The lowest BCUT2D eigenvalue weighted by atomic mass is 9.95. The number of piperazine rings is 1. The van der Waals surface area contributed by atoms with E-state index in [2.05, 4.69) is 11.4 Å². The molecular weight excluding hydrogens is 485 g/mol. The van der Waals surface area contributed by atoms with Crippen molar-refractivity contribution >= 4 is 17.8 Å². The van der Waals surface area contributed by atoms with Crippen molar-refractivity contribution in [2.45, 2.75) is 50.9 Å². The van der Waals surface area contributed by atoms with Crippen LogP contribution in [0.15, 0.2) is 66.2 Å². The Balaban J connectivity index is 1.41. The minimum Gasteiger partial charge on any atom is -0.336 e. The van der Waals surface area contributed by atoms with E-state index >= 15 is 0 Å². The van der Waals surface area contributed by atoms with Crippen molar-refractivity contribution in [2.24, 2.45) is 0 Å². The number of nitrogens with zero attached hydrogens (tertiary/aromatic N) is 4. The van der Waals surface area contributed by atoms with Crippen LogP contribution in [0.25, 0.3) is 0 Å². The molecule has 0 bridgehead atoms. The van der Waals surface area contributed by atoms with Gasteiger partial charge in [-0.1, -0.05) is 54.1 Å². The second kappa shape index (κ2) is 11.3. The van der Waals surface area contributed by atoms with E-state index in [0.717, 1.165) is 30.4 Å².